The fraction of sp³-hybridized carbons (Fsp3) is 0.533. The molecule has 106 valence electrons. The molecule has 0 fully saturated rings. The molecule has 4 nitrogen and oxygen atoms in total. The van der Waals surface area contributed by atoms with Crippen molar-refractivity contribution < 1.29 is 9.53 Å². The molecule has 0 bridgehead atoms. The SMILES string of the molecule is CCNc1ccccc1C(=O)NCC(C)(C)OCC. The highest BCUT2D eigenvalue weighted by Gasteiger charge is 2.19. The van der Waals surface area contributed by atoms with Crippen molar-refractivity contribution in [2.24, 2.45) is 0 Å². The molecule has 0 aliphatic heterocycles. The normalized spacial score (nSPS) is 11.2. The summed E-state index contributed by atoms with van der Waals surface area (Å²) in [5.74, 6) is -0.0793. The number of nitrogens with one attached hydrogen (secondary N) is 2. The largest absolute Gasteiger partial charge is 0.385 e. The number of ether oxygens (including phenoxy) is 1. The first-order chi connectivity index (χ1) is 9.00. The zero-order valence-electron chi connectivity index (χ0n) is 12.2. The predicted octanol–water partition coefficient (Wildman–Crippen LogP) is 2.66. The molecule has 0 unspecified atom stereocenters. The van der Waals surface area contributed by atoms with Crippen molar-refractivity contribution in [3.63, 3.8) is 0 Å². The summed E-state index contributed by atoms with van der Waals surface area (Å²) in [5, 5.41) is 6.11. The van der Waals surface area contributed by atoms with Gasteiger partial charge in [0.2, 0.25) is 0 Å². The number of benzene rings is 1. The summed E-state index contributed by atoms with van der Waals surface area (Å²) in [6, 6.07) is 7.51. The van der Waals surface area contributed by atoms with E-state index in [1.54, 1.807) is 0 Å². The topological polar surface area (TPSA) is 50.4 Å². The van der Waals surface area contributed by atoms with Crippen molar-refractivity contribution in [2.75, 3.05) is 25.0 Å². The molecule has 0 saturated heterocycles. The zero-order chi connectivity index (χ0) is 14.3. The minimum absolute atomic E-state index is 0.0793. The summed E-state index contributed by atoms with van der Waals surface area (Å²) in [4.78, 5) is 12.2. The van der Waals surface area contributed by atoms with Crippen molar-refractivity contribution in [1.29, 1.82) is 0 Å². The third-order valence-corrected chi connectivity index (χ3v) is 2.75. The first-order valence-electron chi connectivity index (χ1n) is 6.75. The van der Waals surface area contributed by atoms with Crippen molar-refractivity contribution >= 4 is 11.6 Å². The summed E-state index contributed by atoms with van der Waals surface area (Å²) in [6.07, 6.45) is 0. The van der Waals surface area contributed by atoms with Gasteiger partial charge in [0, 0.05) is 25.4 Å². The van der Waals surface area contributed by atoms with Gasteiger partial charge in [0.1, 0.15) is 0 Å². The van der Waals surface area contributed by atoms with Crippen LogP contribution in [-0.2, 0) is 4.74 Å². The van der Waals surface area contributed by atoms with Gasteiger partial charge in [0.25, 0.3) is 5.91 Å². The first kappa shape index (κ1) is 15.5. The van der Waals surface area contributed by atoms with Crippen molar-refractivity contribution in [3.05, 3.63) is 29.8 Å². The quantitative estimate of drug-likeness (QED) is 0.796. The molecule has 0 spiro atoms. The second-order valence-electron chi connectivity index (χ2n) is 4.95. The molecular weight excluding hydrogens is 240 g/mol. The number of hydrogen-bond acceptors (Lipinski definition) is 3. The van der Waals surface area contributed by atoms with Crippen LogP contribution < -0.4 is 10.6 Å². The van der Waals surface area contributed by atoms with E-state index in [1.165, 1.54) is 0 Å². The highest BCUT2D eigenvalue weighted by Crippen LogP contribution is 2.15. The molecule has 0 aliphatic rings. The van der Waals surface area contributed by atoms with Gasteiger partial charge in [-0.2, -0.15) is 0 Å². The second-order valence-corrected chi connectivity index (χ2v) is 4.95. The maximum absolute atomic E-state index is 12.2. The second kappa shape index (κ2) is 7.14. The van der Waals surface area contributed by atoms with Gasteiger partial charge < -0.3 is 15.4 Å². The number of rotatable bonds is 7. The van der Waals surface area contributed by atoms with Gasteiger partial charge >= 0.3 is 0 Å². The lowest BCUT2D eigenvalue weighted by atomic mass is 10.1. The third-order valence-electron chi connectivity index (χ3n) is 2.75. The van der Waals surface area contributed by atoms with Crippen LogP contribution >= 0.6 is 0 Å². The summed E-state index contributed by atoms with van der Waals surface area (Å²) >= 11 is 0. The standard InChI is InChI=1S/C15H24N2O2/c1-5-16-13-10-8-7-9-12(13)14(18)17-11-15(3,4)19-6-2/h7-10,16H,5-6,11H2,1-4H3,(H,17,18). The molecule has 2 N–H and O–H groups in total. The van der Waals surface area contributed by atoms with Gasteiger partial charge in [-0.15, -0.1) is 0 Å². The van der Waals surface area contributed by atoms with Crippen molar-refractivity contribution in [1.82, 2.24) is 5.32 Å². The van der Waals surface area contributed by atoms with Gasteiger partial charge in [-0.3, -0.25) is 4.79 Å². The number of carbonyl (C=O) groups is 1. The Kier molecular flexibility index (Phi) is 5.83. The molecule has 4 heteroatoms. The Labute approximate surface area is 115 Å². The highest BCUT2D eigenvalue weighted by molar-refractivity contribution is 5.99. The van der Waals surface area contributed by atoms with E-state index in [2.05, 4.69) is 10.6 Å². The Morgan fingerprint density at radius 3 is 2.58 bits per heavy atom. The average Bonchev–Trinajstić information content (AvgIpc) is 2.37. The van der Waals surface area contributed by atoms with Crippen LogP contribution in [0.4, 0.5) is 5.69 Å². The molecule has 19 heavy (non-hydrogen) atoms. The molecule has 0 radical (unpaired) electrons. The Hall–Kier alpha value is -1.55. The molecule has 0 saturated carbocycles. The Bertz CT molecular complexity index is 416. The van der Waals surface area contributed by atoms with Gasteiger partial charge in [0.05, 0.1) is 11.2 Å². The van der Waals surface area contributed by atoms with E-state index < -0.39 is 0 Å². The Morgan fingerprint density at radius 2 is 1.95 bits per heavy atom. The fourth-order valence-corrected chi connectivity index (χ4v) is 1.86. The Balaban J connectivity index is 2.68. The number of amides is 1. The van der Waals surface area contributed by atoms with Gasteiger partial charge in [0.15, 0.2) is 0 Å². The maximum Gasteiger partial charge on any atom is 0.253 e. The van der Waals surface area contributed by atoms with Crippen molar-refractivity contribution in [3.8, 4) is 0 Å². The lowest BCUT2D eigenvalue weighted by molar-refractivity contribution is -0.00815. The van der Waals surface area contributed by atoms with Crippen LogP contribution in [-0.4, -0.2) is 31.2 Å². The molecule has 0 heterocycles. The van der Waals surface area contributed by atoms with Crippen molar-refractivity contribution in [2.45, 2.75) is 33.3 Å². The predicted molar refractivity (Wildman–Crippen MR) is 78.6 cm³/mol. The van der Waals surface area contributed by atoms with Crippen LogP contribution in [0.15, 0.2) is 24.3 Å². The number of para-hydroxylation sites is 1. The molecule has 0 atom stereocenters. The maximum atomic E-state index is 12.2. The fourth-order valence-electron chi connectivity index (χ4n) is 1.86. The molecular formula is C15H24N2O2. The number of anilines is 1. The van der Waals surface area contributed by atoms with Crippen LogP contribution in [0.25, 0.3) is 0 Å². The summed E-state index contributed by atoms with van der Waals surface area (Å²) in [5.41, 5.74) is 1.17. The first-order valence-corrected chi connectivity index (χ1v) is 6.75. The van der Waals surface area contributed by atoms with E-state index in [0.717, 1.165) is 12.2 Å². The van der Waals surface area contributed by atoms with Gasteiger partial charge in [-0.1, -0.05) is 12.1 Å². The van der Waals surface area contributed by atoms with Crippen LogP contribution in [0.2, 0.25) is 0 Å². The minimum atomic E-state index is -0.350. The molecule has 1 amide bonds. The zero-order valence-corrected chi connectivity index (χ0v) is 12.2. The van der Waals surface area contributed by atoms with Gasteiger partial charge in [-0.05, 0) is 39.8 Å². The number of hydrogen-bond donors (Lipinski definition) is 2. The molecule has 1 aromatic rings. The summed E-state index contributed by atoms with van der Waals surface area (Å²) in [6.45, 7) is 9.79. The molecule has 1 aromatic carbocycles. The molecule has 1 rings (SSSR count). The van der Waals surface area contributed by atoms with E-state index in [4.69, 9.17) is 4.74 Å². The number of carbonyl (C=O) groups excluding carboxylic acids is 1. The van der Waals surface area contributed by atoms with E-state index in [9.17, 15) is 4.79 Å². The summed E-state index contributed by atoms with van der Waals surface area (Å²) < 4.78 is 5.56. The average molecular weight is 264 g/mol. The Morgan fingerprint density at radius 1 is 1.26 bits per heavy atom. The van der Waals surface area contributed by atoms with E-state index in [1.807, 2.05) is 52.0 Å². The monoisotopic (exact) mass is 264 g/mol. The smallest absolute Gasteiger partial charge is 0.253 e. The summed E-state index contributed by atoms with van der Waals surface area (Å²) in [7, 11) is 0. The molecule has 0 aromatic heterocycles. The highest BCUT2D eigenvalue weighted by atomic mass is 16.5. The van der Waals surface area contributed by atoms with Gasteiger partial charge in [-0.25, -0.2) is 0 Å². The van der Waals surface area contributed by atoms with Crippen LogP contribution in [0.3, 0.4) is 0 Å². The van der Waals surface area contributed by atoms with E-state index in [-0.39, 0.29) is 11.5 Å². The lowest BCUT2D eigenvalue weighted by Crippen LogP contribution is -2.40. The molecule has 0 aliphatic carbocycles. The third kappa shape index (κ3) is 4.91. The van der Waals surface area contributed by atoms with E-state index in [0.29, 0.717) is 18.7 Å². The van der Waals surface area contributed by atoms with E-state index >= 15 is 0 Å². The van der Waals surface area contributed by atoms with Crippen LogP contribution in [0.1, 0.15) is 38.1 Å². The lowest BCUT2D eigenvalue weighted by Gasteiger charge is -2.25. The van der Waals surface area contributed by atoms with Crippen LogP contribution in [0, 0.1) is 0 Å². The minimum Gasteiger partial charge on any atom is -0.385 e. The van der Waals surface area contributed by atoms with Crippen LogP contribution in [0.5, 0.6) is 0 Å².